The Morgan fingerprint density at radius 3 is 2.67 bits per heavy atom. The molecule has 96 valence electrons. The van der Waals surface area contributed by atoms with Gasteiger partial charge in [0.2, 0.25) is 10.7 Å². The lowest BCUT2D eigenvalue weighted by molar-refractivity contribution is -0.384. The fraction of sp³-hybridized carbons (Fsp3) is 0.333. The molecule has 18 heavy (non-hydrogen) atoms. The van der Waals surface area contributed by atoms with Gasteiger partial charge in [0.25, 0.3) is 0 Å². The Kier molecular flexibility index (Phi) is 2.83. The van der Waals surface area contributed by atoms with Crippen LogP contribution >= 0.6 is 23.2 Å². The van der Waals surface area contributed by atoms with E-state index >= 15 is 0 Å². The summed E-state index contributed by atoms with van der Waals surface area (Å²) < 4.78 is 0.511. The second-order valence-electron chi connectivity index (χ2n) is 4.07. The van der Waals surface area contributed by atoms with Gasteiger partial charge in [-0.05, 0) is 0 Å². The fourth-order valence-corrected chi connectivity index (χ4v) is 2.10. The lowest BCUT2D eigenvalue weighted by Crippen LogP contribution is -2.53. The first-order valence-corrected chi connectivity index (χ1v) is 5.54. The van der Waals surface area contributed by atoms with Gasteiger partial charge in [-0.25, -0.2) is 0 Å². The van der Waals surface area contributed by atoms with Crippen molar-refractivity contribution in [1.82, 2.24) is 4.74 Å². The van der Waals surface area contributed by atoms with E-state index in [0.29, 0.717) is 4.74 Å². The Hall–Kier alpha value is -1.60. The molecule has 0 bridgehead atoms. The van der Waals surface area contributed by atoms with Crippen molar-refractivity contribution in [2.75, 3.05) is 0 Å². The van der Waals surface area contributed by atoms with Gasteiger partial charge >= 0.3 is 11.4 Å². The molecule has 0 unspecified atom stereocenters. The van der Waals surface area contributed by atoms with Gasteiger partial charge in [-0.2, -0.15) is 4.74 Å². The SMILES string of the molecule is CC1(C)ON=c2c(Cl)c([N+](=O)[O-])c(Cl)cc2=[N+]1[O-]. The molecule has 0 saturated carbocycles. The van der Waals surface area contributed by atoms with Gasteiger partial charge in [-0.1, -0.05) is 28.4 Å². The number of fused-ring (bicyclic) bond motifs is 1. The maximum absolute atomic E-state index is 12.0. The normalized spacial score (nSPS) is 16.6. The van der Waals surface area contributed by atoms with E-state index < -0.39 is 16.3 Å². The van der Waals surface area contributed by atoms with Crippen molar-refractivity contribution in [3.8, 4) is 0 Å². The molecule has 0 fully saturated rings. The number of nitro benzene ring substituents is 1. The number of hydrogen-bond donors (Lipinski definition) is 0. The Morgan fingerprint density at radius 2 is 2.11 bits per heavy atom. The number of hydrogen-bond acceptors (Lipinski definition) is 5. The van der Waals surface area contributed by atoms with Gasteiger partial charge in [0.05, 0.1) is 4.92 Å². The van der Waals surface area contributed by atoms with Crippen LogP contribution in [0, 0.1) is 15.3 Å². The molecule has 0 aliphatic carbocycles. The standard InChI is InChI=1S/C9H7Cl2N3O4/c1-9(2)13(15)5-3-4(10)8(14(16)17)6(11)7(5)12-18-9/h3H,1-2H3. The highest BCUT2D eigenvalue weighted by atomic mass is 35.5. The van der Waals surface area contributed by atoms with Gasteiger partial charge < -0.3 is 10.0 Å². The predicted octanol–water partition coefficient (Wildman–Crippen LogP) is 1.19. The van der Waals surface area contributed by atoms with Crippen LogP contribution in [-0.4, -0.2) is 10.6 Å². The summed E-state index contributed by atoms with van der Waals surface area (Å²) in [5.41, 5.74) is -1.73. The number of hydroxylamine groups is 1. The van der Waals surface area contributed by atoms with Crippen molar-refractivity contribution in [3.05, 3.63) is 42.1 Å². The average Bonchev–Trinajstić information content (AvgIpc) is 2.24. The molecule has 0 N–H and O–H groups in total. The zero-order valence-electron chi connectivity index (χ0n) is 9.31. The van der Waals surface area contributed by atoms with E-state index in [1.807, 2.05) is 0 Å². The molecule has 1 aromatic carbocycles. The Balaban J connectivity index is 2.95. The Labute approximate surface area is 111 Å². The van der Waals surface area contributed by atoms with Crippen molar-refractivity contribution >= 4 is 28.9 Å². The minimum Gasteiger partial charge on any atom is -0.620 e. The summed E-state index contributed by atoms with van der Waals surface area (Å²) in [5.74, 6) is 0. The summed E-state index contributed by atoms with van der Waals surface area (Å²) in [6.45, 7) is 2.99. The van der Waals surface area contributed by atoms with E-state index in [1.165, 1.54) is 13.8 Å². The van der Waals surface area contributed by atoms with Crippen LogP contribution in [0.4, 0.5) is 5.69 Å². The van der Waals surface area contributed by atoms with Crippen LogP contribution in [0.15, 0.2) is 11.2 Å². The second kappa shape index (κ2) is 3.96. The number of benzene rings is 1. The number of nitro groups is 1. The number of nitrogens with zero attached hydrogens (tertiary/aromatic N) is 3. The van der Waals surface area contributed by atoms with Crippen LogP contribution < -0.4 is 15.5 Å². The fourth-order valence-electron chi connectivity index (χ4n) is 1.48. The molecule has 1 heterocycles. The van der Waals surface area contributed by atoms with Crippen LogP contribution in [0.3, 0.4) is 0 Å². The number of rotatable bonds is 1. The summed E-state index contributed by atoms with van der Waals surface area (Å²) in [5, 5.41) is 25.8. The summed E-state index contributed by atoms with van der Waals surface area (Å²) in [7, 11) is 0. The van der Waals surface area contributed by atoms with Gasteiger partial charge in [-0.15, -0.1) is 0 Å². The molecule has 1 aliphatic rings. The largest absolute Gasteiger partial charge is 0.620 e. The lowest BCUT2D eigenvalue weighted by Gasteiger charge is -2.23. The second-order valence-corrected chi connectivity index (χ2v) is 4.85. The number of halogens is 2. The van der Waals surface area contributed by atoms with Crippen LogP contribution in [0.5, 0.6) is 0 Å². The first kappa shape index (κ1) is 12.8. The van der Waals surface area contributed by atoms with Crippen LogP contribution in [0.25, 0.3) is 0 Å². The molecule has 0 spiro atoms. The maximum atomic E-state index is 12.0. The summed E-state index contributed by atoms with van der Waals surface area (Å²) in [6.07, 6.45) is 0. The van der Waals surface area contributed by atoms with Crippen molar-refractivity contribution in [2.24, 2.45) is 5.16 Å². The molecule has 0 aromatic heterocycles. The van der Waals surface area contributed by atoms with Gasteiger partial charge in [0.15, 0.2) is 5.02 Å². The Bertz CT molecular complexity index is 671. The maximum Gasteiger partial charge on any atom is 0.334 e. The highest BCUT2D eigenvalue weighted by molar-refractivity contribution is 6.38. The molecule has 1 aromatic rings. The van der Waals surface area contributed by atoms with E-state index in [9.17, 15) is 15.3 Å². The molecular formula is C9H7Cl2N3O4. The summed E-state index contributed by atoms with van der Waals surface area (Å²) in [4.78, 5) is 15.0. The topological polar surface area (TPSA) is 90.8 Å². The van der Waals surface area contributed by atoms with Crippen molar-refractivity contribution in [3.63, 3.8) is 0 Å². The van der Waals surface area contributed by atoms with Crippen molar-refractivity contribution in [1.29, 1.82) is 0 Å². The molecule has 0 atom stereocenters. The molecule has 0 saturated heterocycles. The van der Waals surface area contributed by atoms with Crippen molar-refractivity contribution < 1.29 is 9.76 Å². The highest BCUT2D eigenvalue weighted by Crippen LogP contribution is 2.28. The third-order valence-corrected chi connectivity index (χ3v) is 3.05. The van der Waals surface area contributed by atoms with E-state index in [4.69, 9.17) is 28.0 Å². The third-order valence-electron chi connectivity index (χ3n) is 2.40. The monoisotopic (exact) mass is 291 g/mol. The molecular weight excluding hydrogens is 285 g/mol. The molecule has 7 nitrogen and oxygen atoms in total. The highest BCUT2D eigenvalue weighted by Gasteiger charge is 2.35. The molecule has 9 heteroatoms. The molecule has 0 radical (unpaired) electrons. The third kappa shape index (κ3) is 1.75. The van der Waals surface area contributed by atoms with Gasteiger partial charge in [0.1, 0.15) is 5.02 Å². The molecule has 1 aliphatic heterocycles. The van der Waals surface area contributed by atoms with E-state index in [-0.39, 0.29) is 20.8 Å². The summed E-state index contributed by atoms with van der Waals surface area (Å²) >= 11 is 11.6. The van der Waals surface area contributed by atoms with Crippen LogP contribution in [-0.2, 0) is 4.84 Å². The average molecular weight is 292 g/mol. The van der Waals surface area contributed by atoms with E-state index in [0.717, 1.165) is 6.07 Å². The van der Waals surface area contributed by atoms with Gasteiger partial charge in [-0.3, -0.25) is 10.1 Å². The smallest absolute Gasteiger partial charge is 0.334 e. The minimum atomic E-state index is -1.23. The minimum absolute atomic E-state index is 0.0341. The zero-order chi connectivity index (χ0) is 13.7. The first-order chi connectivity index (χ1) is 8.25. The Morgan fingerprint density at radius 1 is 1.50 bits per heavy atom. The van der Waals surface area contributed by atoms with Crippen LogP contribution in [0.2, 0.25) is 10.0 Å². The quantitative estimate of drug-likeness (QED) is 0.336. The van der Waals surface area contributed by atoms with Crippen molar-refractivity contribution in [2.45, 2.75) is 19.6 Å². The van der Waals surface area contributed by atoms with E-state index in [1.54, 1.807) is 0 Å². The first-order valence-electron chi connectivity index (χ1n) is 4.78. The van der Waals surface area contributed by atoms with Gasteiger partial charge in [0, 0.05) is 19.9 Å². The molecule has 0 amide bonds. The van der Waals surface area contributed by atoms with Crippen LogP contribution in [0.1, 0.15) is 13.8 Å². The summed E-state index contributed by atoms with van der Waals surface area (Å²) in [6, 6.07) is 1.15. The lowest BCUT2D eigenvalue weighted by atomic mass is 10.2. The van der Waals surface area contributed by atoms with E-state index in [2.05, 4.69) is 5.16 Å². The molecule has 2 rings (SSSR count). The predicted molar refractivity (Wildman–Crippen MR) is 63.7 cm³/mol. The zero-order valence-corrected chi connectivity index (χ0v) is 10.8.